The van der Waals surface area contributed by atoms with Crippen LogP contribution in [0, 0.1) is 6.92 Å². The van der Waals surface area contributed by atoms with Crippen molar-refractivity contribution in [2.24, 2.45) is 0 Å². The van der Waals surface area contributed by atoms with E-state index in [1.807, 2.05) is 6.92 Å². The van der Waals surface area contributed by atoms with Gasteiger partial charge in [0.05, 0.1) is 11.2 Å². The van der Waals surface area contributed by atoms with Gasteiger partial charge in [0.15, 0.2) is 0 Å². The Hall–Kier alpha value is -0.900. The number of esters is 1. The van der Waals surface area contributed by atoms with Crippen molar-refractivity contribution in [3.8, 4) is 0 Å². The number of aromatic nitrogens is 1. The van der Waals surface area contributed by atoms with Crippen LogP contribution in [0.1, 0.15) is 17.5 Å². The van der Waals surface area contributed by atoms with Crippen molar-refractivity contribution in [3.05, 3.63) is 16.1 Å². The second kappa shape index (κ2) is 3.48. The van der Waals surface area contributed by atoms with Gasteiger partial charge in [-0.05, 0) is 6.92 Å². The van der Waals surface area contributed by atoms with Crippen molar-refractivity contribution in [2.45, 2.75) is 20.5 Å². The number of rotatable bonds is 2. The quantitative estimate of drug-likeness (QED) is 0.633. The normalized spacial score (nSPS) is 9.64. The van der Waals surface area contributed by atoms with Crippen molar-refractivity contribution < 1.29 is 9.53 Å². The predicted molar refractivity (Wildman–Crippen MR) is 42.3 cm³/mol. The molecule has 0 aliphatic rings. The molecule has 0 aliphatic carbocycles. The van der Waals surface area contributed by atoms with Crippen molar-refractivity contribution in [1.82, 2.24) is 4.98 Å². The smallest absolute Gasteiger partial charge is 0.303 e. The lowest BCUT2D eigenvalue weighted by Gasteiger charge is -1.97. The van der Waals surface area contributed by atoms with Crippen LogP contribution in [-0.4, -0.2) is 11.0 Å². The number of carbonyl (C=O) groups is 1. The summed E-state index contributed by atoms with van der Waals surface area (Å²) in [5.41, 5.74) is 2.60. The fraction of sp³-hybridized carbons (Fsp3) is 0.429. The second-order valence-corrected chi connectivity index (χ2v) is 3.19. The summed E-state index contributed by atoms with van der Waals surface area (Å²) in [6.07, 6.45) is 0. The minimum absolute atomic E-state index is 0.266. The van der Waals surface area contributed by atoms with E-state index in [-0.39, 0.29) is 5.97 Å². The molecular formula is C7H9NO2S. The van der Waals surface area contributed by atoms with Gasteiger partial charge in [0.2, 0.25) is 0 Å². The first-order valence-corrected chi connectivity index (χ1v) is 4.10. The van der Waals surface area contributed by atoms with Crippen molar-refractivity contribution in [3.63, 3.8) is 0 Å². The van der Waals surface area contributed by atoms with E-state index < -0.39 is 0 Å². The average Bonchev–Trinajstić information content (AvgIpc) is 2.31. The fourth-order valence-corrected chi connectivity index (χ4v) is 1.22. The van der Waals surface area contributed by atoms with E-state index in [0.29, 0.717) is 6.61 Å². The number of thiazole rings is 1. The van der Waals surface area contributed by atoms with E-state index >= 15 is 0 Å². The molecule has 0 saturated carbocycles. The summed E-state index contributed by atoms with van der Waals surface area (Å²) < 4.78 is 4.77. The number of carbonyl (C=O) groups excluding carboxylic acids is 1. The Kier molecular flexibility index (Phi) is 2.59. The van der Waals surface area contributed by atoms with Gasteiger partial charge in [0, 0.05) is 11.8 Å². The molecule has 0 amide bonds. The first-order chi connectivity index (χ1) is 5.20. The summed E-state index contributed by atoms with van der Waals surface area (Å²) in [5.74, 6) is -0.266. The van der Waals surface area contributed by atoms with Crippen LogP contribution in [0.5, 0.6) is 0 Å². The largest absolute Gasteiger partial charge is 0.459 e. The van der Waals surface area contributed by atoms with Gasteiger partial charge in [-0.25, -0.2) is 4.98 Å². The summed E-state index contributed by atoms with van der Waals surface area (Å²) in [6.45, 7) is 3.64. The van der Waals surface area contributed by atoms with Gasteiger partial charge in [0.25, 0.3) is 0 Å². The first kappa shape index (κ1) is 8.20. The van der Waals surface area contributed by atoms with Crippen LogP contribution in [0.25, 0.3) is 0 Å². The van der Waals surface area contributed by atoms with Crippen LogP contribution in [0.2, 0.25) is 0 Å². The first-order valence-electron chi connectivity index (χ1n) is 3.22. The molecule has 1 rings (SSSR count). The third-order valence-corrected chi connectivity index (χ3v) is 2.06. The molecule has 0 radical (unpaired) electrons. The number of hydrogen-bond acceptors (Lipinski definition) is 4. The molecule has 60 valence electrons. The SMILES string of the molecule is CC(=O)OCc1ncsc1C. The van der Waals surface area contributed by atoms with Gasteiger partial charge < -0.3 is 4.74 Å². The zero-order valence-electron chi connectivity index (χ0n) is 6.46. The number of aryl methyl sites for hydroxylation is 1. The van der Waals surface area contributed by atoms with Crippen molar-refractivity contribution in [2.75, 3.05) is 0 Å². The van der Waals surface area contributed by atoms with Crippen LogP contribution < -0.4 is 0 Å². The average molecular weight is 171 g/mol. The topological polar surface area (TPSA) is 39.2 Å². The molecule has 0 N–H and O–H groups in total. The number of ether oxygens (including phenoxy) is 1. The van der Waals surface area contributed by atoms with Crippen LogP contribution in [0.3, 0.4) is 0 Å². The Morgan fingerprint density at radius 1 is 1.82 bits per heavy atom. The van der Waals surface area contributed by atoms with E-state index in [1.165, 1.54) is 6.92 Å². The van der Waals surface area contributed by atoms with Crippen LogP contribution >= 0.6 is 11.3 Å². The molecule has 0 bridgehead atoms. The standard InChI is InChI=1S/C7H9NO2S/c1-5-7(8-4-11-5)3-10-6(2)9/h4H,3H2,1-2H3. The highest BCUT2D eigenvalue weighted by Gasteiger charge is 2.02. The molecule has 1 aromatic heterocycles. The third kappa shape index (κ3) is 2.31. The molecule has 1 heterocycles. The Labute approximate surface area is 69.0 Å². The lowest BCUT2D eigenvalue weighted by atomic mass is 10.4. The zero-order valence-corrected chi connectivity index (χ0v) is 7.27. The van der Waals surface area contributed by atoms with Crippen molar-refractivity contribution >= 4 is 17.3 Å². The van der Waals surface area contributed by atoms with E-state index in [0.717, 1.165) is 10.6 Å². The Morgan fingerprint density at radius 2 is 2.55 bits per heavy atom. The van der Waals surface area contributed by atoms with Gasteiger partial charge in [-0.2, -0.15) is 0 Å². The number of nitrogens with zero attached hydrogens (tertiary/aromatic N) is 1. The summed E-state index contributed by atoms with van der Waals surface area (Å²) in [7, 11) is 0. The molecular weight excluding hydrogens is 162 g/mol. The maximum Gasteiger partial charge on any atom is 0.303 e. The lowest BCUT2D eigenvalue weighted by Crippen LogP contribution is -1.99. The Morgan fingerprint density at radius 3 is 3.00 bits per heavy atom. The molecule has 0 aromatic carbocycles. The maximum absolute atomic E-state index is 10.4. The molecule has 0 fully saturated rings. The molecule has 0 aliphatic heterocycles. The zero-order chi connectivity index (χ0) is 8.27. The van der Waals surface area contributed by atoms with Gasteiger partial charge in [-0.3, -0.25) is 4.79 Å². The fourth-order valence-electron chi connectivity index (χ4n) is 0.637. The minimum atomic E-state index is -0.266. The Balaban J connectivity index is 2.51. The molecule has 0 atom stereocenters. The highest BCUT2D eigenvalue weighted by atomic mass is 32.1. The van der Waals surface area contributed by atoms with Crippen molar-refractivity contribution in [1.29, 1.82) is 0 Å². The van der Waals surface area contributed by atoms with Gasteiger partial charge >= 0.3 is 5.97 Å². The minimum Gasteiger partial charge on any atom is -0.459 e. The molecule has 3 nitrogen and oxygen atoms in total. The lowest BCUT2D eigenvalue weighted by molar-refractivity contribution is -0.142. The molecule has 0 spiro atoms. The number of hydrogen-bond donors (Lipinski definition) is 0. The molecule has 0 unspecified atom stereocenters. The van der Waals surface area contributed by atoms with Gasteiger partial charge in [-0.1, -0.05) is 0 Å². The highest BCUT2D eigenvalue weighted by molar-refractivity contribution is 7.09. The molecule has 11 heavy (non-hydrogen) atoms. The summed E-state index contributed by atoms with van der Waals surface area (Å²) in [5, 5.41) is 0. The van der Waals surface area contributed by atoms with E-state index in [2.05, 4.69) is 4.98 Å². The van der Waals surface area contributed by atoms with E-state index in [1.54, 1.807) is 16.8 Å². The molecule has 1 aromatic rings. The van der Waals surface area contributed by atoms with E-state index in [4.69, 9.17) is 4.74 Å². The maximum atomic E-state index is 10.4. The second-order valence-electron chi connectivity index (χ2n) is 2.14. The third-order valence-electron chi connectivity index (χ3n) is 1.26. The van der Waals surface area contributed by atoms with Crippen LogP contribution in [-0.2, 0) is 16.1 Å². The van der Waals surface area contributed by atoms with Gasteiger partial charge in [-0.15, -0.1) is 11.3 Å². The summed E-state index contributed by atoms with van der Waals surface area (Å²) >= 11 is 1.55. The van der Waals surface area contributed by atoms with Gasteiger partial charge in [0.1, 0.15) is 6.61 Å². The van der Waals surface area contributed by atoms with E-state index in [9.17, 15) is 4.79 Å². The molecule has 0 saturated heterocycles. The summed E-state index contributed by atoms with van der Waals surface area (Å²) in [6, 6.07) is 0. The van der Waals surface area contributed by atoms with Crippen LogP contribution in [0.15, 0.2) is 5.51 Å². The summed E-state index contributed by atoms with van der Waals surface area (Å²) in [4.78, 5) is 15.5. The highest BCUT2D eigenvalue weighted by Crippen LogP contribution is 2.11. The molecule has 4 heteroatoms. The van der Waals surface area contributed by atoms with Crippen LogP contribution in [0.4, 0.5) is 0 Å². The Bertz CT molecular complexity index is 257. The monoisotopic (exact) mass is 171 g/mol. The predicted octanol–water partition coefficient (Wildman–Crippen LogP) is 1.51.